The minimum absolute atomic E-state index is 0.0344. The zero-order chi connectivity index (χ0) is 32.5. The fourth-order valence-electron chi connectivity index (χ4n) is 3.39. The molecule has 2 amide bonds. The van der Waals surface area contributed by atoms with E-state index in [2.05, 4.69) is 10.6 Å². The lowest BCUT2D eigenvalue weighted by molar-refractivity contribution is -0.140. The molecule has 0 radical (unpaired) electrons. The number of ether oxygens (including phenoxy) is 6. The molecule has 16 nitrogen and oxygen atoms in total. The van der Waals surface area contributed by atoms with Gasteiger partial charge >= 0.3 is 18.0 Å². The molecular weight excluding hydrogens is 588 g/mol. The zero-order valence-electron chi connectivity index (χ0n) is 24.6. The van der Waals surface area contributed by atoms with Crippen LogP contribution in [0.5, 0.6) is 0 Å². The summed E-state index contributed by atoms with van der Waals surface area (Å²) in [4.78, 5) is 46.2. The van der Waals surface area contributed by atoms with Crippen molar-refractivity contribution in [2.24, 2.45) is 0 Å². The summed E-state index contributed by atoms with van der Waals surface area (Å²) in [6, 6.07) is 9.26. The molecule has 0 heterocycles. The molecule has 0 fully saturated rings. The zero-order valence-corrected chi connectivity index (χ0v) is 24.6. The van der Waals surface area contributed by atoms with Gasteiger partial charge in [0.05, 0.1) is 78.9 Å². The van der Waals surface area contributed by atoms with Crippen LogP contribution in [0.15, 0.2) is 30.3 Å². The van der Waals surface area contributed by atoms with Gasteiger partial charge in [0.25, 0.3) is 0 Å². The Morgan fingerprint density at radius 3 is 1.82 bits per heavy atom. The summed E-state index contributed by atoms with van der Waals surface area (Å²) < 4.78 is 32.3. The predicted molar refractivity (Wildman–Crippen MR) is 152 cm³/mol. The Morgan fingerprint density at radius 2 is 1.25 bits per heavy atom. The average molecular weight is 633 g/mol. The lowest BCUT2D eigenvalue weighted by atomic mass is 10.0. The first-order valence-electron chi connectivity index (χ1n) is 14.1. The number of rotatable bonds is 27. The maximum Gasteiger partial charge on any atom is 0.407 e. The number of aliphatic carboxylic acids is 2. The highest BCUT2D eigenvalue weighted by molar-refractivity contribution is 5.77. The predicted octanol–water partition coefficient (Wildman–Crippen LogP) is -0.109. The molecule has 0 aliphatic heterocycles. The van der Waals surface area contributed by atoms with Gasteiger partial charge in [-0.05, 0) is 5.56 Å². The number of hydrogen-bond acceptors (Lipinski definition) is 12. The minimum Gasteiger partial charge on any atom is -0.481 e. The van der Waals surface area contributed by atoms with Gasteiger partial charge in [-0.25, -0.2) is 4.79 Å². The second-order valence-corrected chi connectivity index (χ2v) is 9.51. The molecule has 0 unspecified atom stereocenters. The lowest BCUT2D eigenvalue weighted by Crippen LogP contribution is -2.59. The smallest absolute Gasteiger partial charge is 0.407 e. The number of aliphatic hydroxyl groups is 2. The molecule has 0 saturated carbocycles. The van der Waals surface area contributed by atoms with E-state index in [0.717, 1.165) is 5.56 Å². The SMILES string of the molecule is O=C(O)CCOCC(COCCC(=O)O)(COCCC(O)O)NC(=O)CCOCCOCCNC(=O)OCc1ccccc1. The van der Waals surface area contributed by atoms with Crippen LogP contribution in [-0.4, -0.2) is 129 Å². The summed E-state index contributed by atoms with van der Waals surface area (Å²) in [5.41, 5.74) is -0.456. The quantitative estimate of drug-likeness (QED) is 0.0549. The van der Waals surface area contributed by atoms with Crippen LogP contribution in [0.2, 0.25) is 0 Å². The molecule has 1 aromatic rings. The van der Waals surface area contributed by atoms with Crippen LogP contribution in [0.1, 0.15) is 31.2 Å². The van der Waals surface area contributed by atoms with Crippen LogP contribution in [0.25, 0.3) is 0 Å². The fourth-order valence-corrected chi connectivity index (χ4v) is 3.39. The Hall–Kier alpha value is -3.38. The maximum absolute atomic E-state index is 12.8. The van der Waals surface area contributed by atoms with Crippen molar-refractivity contribution in [2.45, 2.75) is 44.1 Å². The average Bonchev–Trinajstić information content (AvgIpc) is 2.98. The monoisotopic (exact) mass is 632 g/mol. The molecule has 0 atom stereocenters. The topological polar surface area (TPSA) is 229 Å². The van der Waals surface area contributed by atoms with Gasteiger partial charge in [-0.3, -0.25) is 14.4 Å². The van der Waals surface area contributed by atoms with E-state index in [1.165, 1.54) is 0 Å². The van der Waals surface area contributed by atoms with Crippen LogP contribution in [0.4, 0.5) is 4.79 Å². The molecule has 16 heteroatoms. The summed E-state index contributed by atoms with van der Waals surface area (Å²) >= 11 is 0. The van der Waals surface area contributed by atoms with Crippen molar-refractivity contribution in [3.8, 4) is 0 Å². The van der Waals surface area contributed by atoms with Crippen molar-refractivity contribution in [1.82, 2.24) is 10.6 Å². The van der Waals surface area contributed by atoms with E-state index >= 15 is 0 Å². The molecule has 0 aliphatic rings. The molecule has 6 N–H and O–H groups in total. The summed E-state index contributed by atoms with van der Waals surface area (Å²) in [6.07, 6.45) is -2.91. The number of carbonyl (C=O) groups excluding carboxylic acids is 2. The number of nitrogens with one attached hydrogen (secondary N) is 2. The molecular formula is C28H44N2O14. The van der Waals surface area contributed by atoms with Gasteiger partial charge in [0.2, 0.25) is 5.91 Å². The number of hydrogen-bond donors (Lipinski definition) is 6. The van der Waals surface area contributed by atoms with Crippen LogP contribution >= 0.6 is 0 Å². The van der Waals surface area contributed by atoms with E-state index in [-0.39, 0.29) is 105 Å². The number of aliphatic hydroxyl groups excluding tert-OH is 1. The second kappa shape index (κ2) is 24.0. The third-order valence-corrected chi connectivity index (χ3v) is 5.55. The van der Waals surface area contributed by atoms with Gasteiger partial charge in [0, 0.05) is 19.4 Å². The Bertz CT molecular complexity index is 926. The number of benzene rings is 1. The minimum atomic E-state index is -1.60. The highest BCUT2D eigenvalue weighted by Gasteiger charge is 2.34. The van der Waals surface area contributed by atoms with Crippen molar-refractivity contribution in [1.29, 1.82) is 0 Å². The lowest BCUT2D eigenvalue weighted by Gasteiger charge is -2.34. The van der Waals surface area contributed by atoms with Crippen molar-refractivity contribution < 1.29 is 68.0 Å². The van der Waals surface area contributed by atoms with Crippen molar-refractivity contribution in [3.63, 3.8) is 0 Å². The molecule has 1 aromatic carbocycles. The Labute approximate surface area is 255 Å². The van der Waals surface area contributed by atoms with E-state index in [4.69, 9.17) is 48.8 Å². The number of amides is 2. The van der Waals surface area contributed by atoms with Crippen LogP contribution in [0, 0.1) is 0 Å². The highest BCUT2D eigenvalue weighted by Crippen LogP contribution is 2.11. The molecule has 250 valence electrons. The van der Waals surface area contributed by atoms with Crippen molar-refractivity contribution >= 4 is 23.9 Å². The highest BCUT2D eigenvalue weighted by atomic mass is 16.6. The molecule has 0 saturated heterocycles. The first kappa shape index (κ1) is 38.6. The molecule has 0 aliphatic carbocycles. The first-order chi connectivity index (χ1) is 21.1. The van der Waals surface area contributed by atoms with Gasteiger partial charge in [-0.2, -0.15) is 0 Å². The third-order valence-electron chi connectivity index (χ3n) is 5.55. The number of alkyl carbamates (subject to hydrolysis) is 1. The second-order valence-electron chi connectivity index (χ2n) is 9.51. The van der Waals surface area contributed by atoms with E-state index in [1.54, 1.807) is 0 Å². The Kier molecular flexibility index (Phi) is 21.1. The summed E-state index contributed by atoms with van der Waals surface area (Å²) in [5.74, 6) is -2.63. The van der Waals surface area contributed by atoms with E-state index < -0.39 is 35.8 Å². The summed E-state index contributed by atoms with van der Waals surface area (Å²) in [6.45, 7) is 0.0128. The Balaban J connectivity index is 2.42. The van der Waals surface area contributed by atoms with Crippen molar-refractivity contribution in [3.05, 3.63) is 35.9 Å². The summed E-state index contributed by atoms with van der Waals surface area (Å²) in [7, 11) is 0. The standard InChI is InChI=1S/C28H44N2O14/c31-23(6-11-39-16-17-40-15-10-29-27(38)44-18-22-4-2-1-3-5-22)30-28(19-41-12-7-24(32)33,20-42-13-8-25(34)35)21-43-14-9-26(36)37/h1-5,24,32-33H,6-21H2,(H,29,38)(H,30,31)(H,34,35)(H,36,37). The maximum atomic E-state index is 12.8. The van der Waals surface area contributed by atoms with E-state index in [9.17, 15) is 19.2 Å². The first-order valence-corrected chi connectivity index (χ1v) is 14.1. The molecule has 0 aromatic heterocycles. The summed E-state index contributed by atoms with van der Waals surface area (Å²) in [5, 5.41) is 41.2. The largest absolute Gasteiger partial charge is 0.481 e. The van der Waals surface area contributed by atoms with Crippen molar-refractivity contribution in [2.75, 3.05) is 72.6 Å². The molecule has 0 bridgehead atoms. The van der Waals surface area contributed by atoms with Gasteiger partial charge in [-0.15, -0.1) is 0 Å². The van der Waals surface area contributed by atoms with E-state index in [1.807, 2.05) is 30.3 Å². The van der Waals surface area contributed by atoms with Gasteiger partial charge in [-0.1, -0.05) is 30.3 Å². The number of carboxylic acids is 2. The normalized spacial score (nSPS) is 11.3. The van der Waals surface area contributed by atoms with Gasteiger partial charge < -0.3 is 59.5 Å². The van der Waals surface area contributed by atoms with Crippen LogP contribution in [0.3, 0.4) is 0 Å². The number of carboxylic acid groups (broad SMARTS) is 2. The molecule has 1 rings (SSSR count). The van der Waals surface area contributed by atoms with Gasteiger partial charge in [0.15, 0.2) is 6.29 Å². The third kappa shape index (κ3) is 21.3. The fraction of sp³-hybridized carbons (Fsp3) is 0.643. The molecule has 0 spiro atoms. The van der Waals surface area contributed by atoms with Crippen LogP contribution in [-0.2, 0) is 49.4 Å². The number of carbonyl (C=O) groups is 4. The van der Waals surface area contributed by atoms with E-state index in [0.29, 0.717) is 0 Å². The van der Waals surface area contributed by atoms with Gasteiger partial charge in [0.1, 0.15) is 12.1 Å². The van der Waals surface area contributed by atoms with Crippen LogP contribution < -0.4 is 10.6 Å². The molecule has 44 heavy (non-hydrogen) atoms. The Morgan fingerprint density at radius 1 is 0.705 bits per heavy atom.